The van der Waals surface area contributed by atoms with E-state index in [2.05, 4.69) is 34.1 Å². The molecule has 0 radical (unpaired) electrons. The van der Waals surface area contributed by atoms with E-state index in [0.717, 1.165) is 43.7 Å². The first-order valence-corrected chi connectivity index (χ1v) is 12.9. The molecular weight excluding hydrogens is 430 g/mol. The minimum atomic E-state index is -3.65. The van der Waals surface area contributed by atoms with Gasteiger partial charge in [0.05, 0.1) is 10.6 Å². The van der Waals surface area contributed by atoms with Crippen LogP contribution in [0, 0.1) is 6.92 Å². The van der Waals surface area contributed by atoms with Crippen molar-refractivity contribution in [3.05, 3.63) is 90.0 Å². The maximum atomic E-state index is 13.7. The molecule has 0 amide bonds. The number of piperidine rings is 1. The zero-order chi connectivity index (χ0) is 23.4. The van der Waals surface area contributed by atoms with Crippen molar-refractivity contribution < 1.29 is 8.42 Å². The summed E-state index contributed by atoms with van der Waals surface area (Å²) in [4.78, 5) is 4.87. The summed E-state index contributed by atoms with van der Waals surface area (Å²) < 4.78 is 29.1. The van der Waals surface area contributed by atoms with Crippen LogP contribution < -0.4 is 9.21 Å². The number of aryl methyl sites for hydroxylation is 1. The van der Waals surface area contributed by atoms with Crippen LogP contribution in [0.25, 0.3) is 0 Å². The van der Waals surface area contributed by atoms with E-state index in [1.807, 2.05) is 63.5 Å². The summed E-state index contributed by atoms with van der Waals surface area (Å²) >= 11 is 0. The van der Waals surface area contributed by atoms with Crippen LogP contribution >= 0.6 is 0 Å². The molecular formula is C27H33N3O2S. The molecule has 0 unspecified atom stereocenters. The van der Waals surface area contributed by atoms with Crippen LogP contribution in [0.3, 0.4) is 0 Å². The highest BCUT2D eigenvalue weighted by Gasteiger charge is 2.34. The normalized spacial score (nSPS) is 15.4. The summed E-state index contributed by atoms with van der Waals surface area (Å²) in [6.45, 7) is 4.59. The Morgan fingerprint density at radius 1 is 0.818 bits per heavy atom. The van der Waals surface area contributed by atoms with Gasteiger partial charge in [0, 0.05) is 45.5 Å². The molecule has 33 heavy (non-hydrogen) atoms. The average molecular weight is 464 g/mol. The number of anilines is 2. The molecule has 6 heteroatoms. The van der Waals surface area contributed by atoms with Crippen molar-refractivity contribution in [1.29, 1.82) is 0 Å². The number of benzene rings is 3. The Hall–Kier alpha value is -2.83. The summed E-state index contributed by atoms with van der Waals surface area (Å²) in [7, 11) is 0.439. The summed E-state index contributed by atoms with van der Waals surface area (Å²) in [6, 6.07) is 25.3. The predicted octanol–water partition coefficient (Wildman–Crippen LogP) is 4.92. The van der Waals surface area contributed by atoms with Gasteiger partial charge in [0.15, 0.2) is 0 Å². The summed E-state index contributed by atoms with van der Waals surface area (Å²) in [6.07, 6.45) is 1.60. The van der Waals surface area contributed by atoms with Crippen LogP contribution in [-0.2, 0) is 16.6 Å². The highest BCUT2D eigenvalue weighted by molar-refractivity contribution is 7.92. The van der Waals surface area contributed by atoms with Gasteiger partial charge >= 0.3 is 0 Å². The molecule has 0 spiro atoms. The maximum Gasteiger partial charge on any atom is 0.264 e. The van der Waals surface area contributed by atoms with Crippen molar-refractivity contribution in [2.24, 2.45) is 0 Å². The standard InChI is InChI=1S/C27H33N3O2S/c1-22-9-15-27(16-10-22)33(31,32)30(25-7-5-4-6-8-25)26-17-19-29(20-18-26)21-23-11-13-24(14-12-23)28(2)3/h4-16,26H,17-21H2,1-3H3. The Morgan fingerprint density at radius 3 is 2.00 bits per heavy atom. The molecule has 0 aliphatic carbocycles. The predicted molar refractivity (Wildman–Crippen MR) is 136 cm³/mol. The van der Waals surface area contributed by atoms with Crippen LogP contribution in [0.15, 0.2) is 83.8 Å². The van der Waals surface area contributed by atoms with Gasteiger partial charge < -0.3 is 4.90 Å². The van der Waals surface area contributed by atoms with Gasteiger partial charge in [-0.3, -0.25) is 9.21 Å². The monoisotopic (exact) mass is 463 g/mol. The van der Waals surface area contributed by atoms with Gasteiger partial charge in [-0.1, -0.05) is 48.0 Å². The molecule has 4 rings (SSSR count). The molecule has 3 aromatic rings. The van der Waals surface area contributed by atoms with Crippen molar-refractivity contribution in [2.75, 3.05) is 36.4 Å². The fourth-order valence-electron chi connectivity index (χ4n) is 4.41. The first-order valence-electron chi connectivity index (χ1n) is 11.5. The molecule has 1 heterocycles. The summed E-state index contributed by atoms with van der Waals surface area (Å²) in [5, 5.41) is 0. The van der Waals surface area contributed by atoms with Crippen molar-refractivity contribution in [3.63, 3.8) is 0 Å². The van der Waals surface area contributed by atoms with Gasteiger partial charge in [0.25, 0.3) is 10.0 Å². The second kappa shape index (κ2) is 9.98. The van der Waals surface area contributed by atoms with Gasteiger partial charge in [0.1, 0.15) is 0 Å². The Morgan fingerprint density at radius 2 is 1.42 bits per heavy atom. The second-order valence-electron chi connectivity index (χ2n) is 9.02. The van der Waals surface area contributed by atoms with E-state index in [9.17, 15) is 8.42 Å². The number of para-hydroxylation sites is 1. The number of hydrogen-bond donors (Lipinski definition) is 0. The van der Waals surface area contributed by atoms with E-state index >= 15 is 0 Å². The Balaban J connectivity index is 1.51. The van der Waals surface area contributed by atoms with E-state index in [-0.39, 0.29) is 6.04 Å². The van der Waals surface area contributed by atoms with Gasteiger partial charge in [-0.25, -0.2) is 8.42 Å². The summed E-state index contributed by atoms with van der Waals surface area (Å²) in [5.41, 5.74) is 4.26. The second-order valence-corrected chi connectivity index (χ2v) is 10.8. The van der Waals surface area contributed by atoms with Crippen molar-refractivity contribution in [3.8, 4) is 0 Å². The molecule has 0 aromatic heterocycles. The fourth-order valence-corrected chi connectivity index (χ4v) is 6.12. The lowest BCUT2D eigenvalue weighted by Crippen LogP contribution is -2.47. The third kappa shape index (κ3) is 5.40. The lowest BCUT2D eigenvalue weighted by atomic mass is 10.0. The van der Waals surface area contributed by atoms with Gasteiger partial charge in [-0.15, -0.1) is 0 Å². The van der Waals surface area contributed by atoms with Gasteiger partial charge in [0.2, 0.25) is 0 Å². The lowest BCUT2D eigenvalue weighted by Gasteiger charge is -2.39. The van der Waals surface area contributed by atoms with Gasteiger partial charge in [-0.05, 0) is 61.7 Å². The van der Waals surface area contributed by atoms with E-state index in [4.69, 9.17) is 0 Å². The third-order valence-corrected chi connectivity index (χ3v) is 8.23. The minimum Gasteiger partial charge on any atom is -0.378 e. The highest BCUT2D eigenvalue weighted by atomic mass is 32.2. The first kappa shape index (κ1) is 23.3. The Labute approximate surface area is 198 Å². The van der Waals surface area contributed by atoms with E-state index < -0.39 is 10.0 Å². The topological polar surface area (TPSA) is 43.9 Å². The number of nitrogens with zero attached hydrogens (tertiary/aromatic N) is 3. The van der Waals surface area contributed by atoms with Crippen molar-refractivity contribution in [2.45, 2.75) is 37.2 Å². The molecule has 1 aliphatic heterocycles. The minimum absolute atomic E-state index is 0.0638. The van der Waals surface area contributed by atoms with Crippen LogP contribution in [0.4, 0.5) is 11.4 Å². The molecule has 1 aliphatic rings. The van der Waals surface area contributed by atoms with Crippen LogP contribution in [0.5, 0.6) is 0 Å². The van der Waals surface area contributed by atoms with Crippen molar-refractivity contribution in [1.82, 2.24) is 4.90 Å². The van der Waals surface area contributed by atoms with Gasteiger partial charge in [-0.2, -0.15) is 0 Å². The SMILES string of the molecule is Cc1ccc(S(=O)(=O)N(c2ccccc2)C2CCN(Cc3ccc(N(C)C)cc3)CC2)cc1. The highest BCUT2D eigenvalue weighted by Crippen LogP contribution is 2.31. The largest absolute Gasteiger partial charge is 0.378 e. The molecule has 0 N–H and O–H groups in total. The molecule has 0 atom stereocenters. The molecule has 1 saturated heterocycles. The molecule has 0 bridgehead atoms. The van der Waals surface area contributed by atoms with Crippen LogP contribution in [0.2, 0.25) is 0 Å². The molecule has 174 valence electrons. The molecule has 3 aromatic carbocycles. The average Bonchev–Trinajstić information content (AvgIpc) is 2.81. The first-order chi connectivity index (χ1) is 15.8. The van der Waals surface area contributed by atoms with Crippen LogP contribution in [-0.4, -0.2) is 46.5 Å². The number of rotatable bonds is 7. The zero-order valence-corrected chi connectivity index (χ0v) is 20.5. The maximum absolute atomic E-state index is 13.7. The smallest absolute Gasteiger partial charge is 0.264 e. The quantitative estimate of drug-likeness (QED) is 0.499. The molecule has 1 fully saturated rings. The summed E-state index contributed by atoms with van der Waals surface area (Å²) in [5.74, 6) is 0. The van der Waals surface area contributed by atoms with E-state index in [1.54, 1.807) is 16.4 Å². The van der Waals surface area contributed by atoms with E-state index in [1.165, 1.54) is 11.3 Å². The fraction of sp³-hybridized carbons (Fsp3) is 0.333. The van der Waals surface area contributed by atoms with E-state index in [0.29, 0.717) is 4.90 Å². The lowest BCUT2D eigenvalue weighted by molar-refractivity contribution is 0.206. The number of likely N-dealkylation sites (tertiary alicyclic amines) is 1. The molecule has 0 saturated carbocycles. The number of hydrogen-bond acceptors (Lipinski definition) is 4. The third-order valence-electron chi connectivity index (χ3n) is 6.34. The van der Waals surface area contributed by atoms with Crippen LogP contribution in [0.1, 0.15) is 24.0 Å². The molecule has 5 nitrogen and oxygen atoms in total. The Bertz CT molecular complexity index is 1140. The van der Waals surface area contributed by atoms with Crippen molar-refractivity contribution >= 4 is 21.4 Å². The zero-order valence-electron chi connectivity index (χ0n) is 19.7. The number of sulfonamides is 1. The Kier molecular flexibility index (Phi) is 7.05.